The largest absolute Gasteiger partial charge is 0.508 e. The van der Waals surface area contributed by atoms with Crippen molar-refractivity contribution in [1.82, 2.24) is 15.0 Å². The van der Waals surface area contributed by atoms with Crippen LogP contribution in [0, 0.1) is 0 Å². The van der Waals surface area contributed by atoms with Crippen molar-refractivity contribution in [2.45, 2.75) is 0 Å². The van der Waals surface area contributed by atoms with Crippen LogP contribution in [0.15, 0.2) is 60.7 Å². The van der Waals surface area contributed by atoms with Gasteiger partial charge in [-0.25, -0.2) is 0 Å². The quantitative estimate of drug-likeness (QED) is 0.449. The zero-order valence-corrected chi connectivity index (χ0v) is 13.6. The average molecular weight is 345 g/mol. The van der Waals surface area contributed by atoms with E-state index in [1.165, 1.54) is 6.07 Å². The van der Waals surface area contributed by atoms with E-state index in [0.717, 1.165) is 10.8 Å². The number of nitrogens with zero attached hydrogens (tertiary/aromatic N) is 3. The molecule has 0 aliphatic rings. The zero-order chi connectivity index (χ0) is 18.1. The highest BCUT2D eigenvalue weighted by molar-refractivity contribution is 5.89. The minimum absolute atomic E-state index is 0.0187. The SMILES string of the molecule is Nc1nc(Nc2cccc(O)c2)nc(-c2cc3ccccc3cc2O)n1. The maximum atomic E-state index is 10.4. The highest BCUT2D eigenvalue weighted by Gasteiger charge is 2.12. The van der Waals surface area contributed by atoms with Crippen molar-refractivity contribution >= 4 is 28.4 Å². The van der Waals surface area contributed by atoms with Crippen LogP contribution >= 0.6 is 0 Å². The molecule has 7 nitrogen and oxygen atoms in total. The van der Waals surface area contributed by atoms with E-state index in [0.29, 0.717) is 11.3 Å². The molecule has 0 spiro atoms. The third kappa shape index (κ3) is 3.05. The molecule has 26 heavy (non-hydrogen) atoms. The second-order valence-corrected chi connectivity index (χ2v) is 5.73. The van der Waals surface area contributed by atoms with Crippen molar-refractivity contribution in [1.29, 1.82) is 0 Å². The monoisotopic (exact) mass is 345 g/mol. The molecule has 0 fully saturated rings. The molecule has 0 bridgehead atoms. The first-order valence-electron chi connectivity index (χ1n) is 7.88. The molecular formula is C19H15N5O2. The van der Waals surface area contributed by atoms with E-state index in [4.69, 9.17) is 5.73 Å². The summed E-state index contributed by atoms with van der Waals surface area (Å²) in [6.07, 6.45) is 0. The number of fused-ring (bicyclic) bond motifs is 1. The molecule has 5 N–H and O–H groups in total. The number of nitrogens with two attached hydrogens (primary N) is 1. The minimum atomic E-state index is 0.0187. The number of rotatable bonds is 3. The Morgan fingerprint density at radius 1 is 0.808 bits per heavy atom. The van der Waals surface area contributed by atoms with Crippen molar-refractivity contribution < 1.29 is 10.2 Å². The number of phenols is 2. The number of anilines is 3. The van der Waals surface area contributed by atoms with Gasteiger partial charge in [0.2, 0.25) is 11.9 Å². The number of nitrogen functional groups attached to an aromatic ring is 1. The molecule has 3 aromatic carbocycles. The van der Waals surface area contributed by atoms with Gasteiger partial charge in [0, 0.05) is 11.8 Å². The fraction of sp³-hybridized carbons (Fsp3) is 0. The summed E-state index contributed by atoms with van der Waals surface area (Å²) in [5, 5.41) is 24.8. The molecule has 0 aliphatic carbocycles. The van der Waals surface area contributed by atoms with Crippen molar-refractivity contribution in [3.05, 3.63) is 60.7 Å². The van der Waals surface area contributed by atoms with Gasteiger partial charge in [-0.05, 0) is 35.0 Å². The van der Waals surface area contributed by atoms with Crippen LogP contribution in [-0.4, -0.2) is 25.2 Å². The Hall–Kier alpha value is -3.87. The molecule has 0 amide bonds. The molecule has 0 aliphatic heterocycles. The first-order chi connectivity index (χ1) is 12.6. The number of hydrogen-bond acceptors (Lipinski definition) is 7. The minimum Gasteiger partial charge on any atom is -0.508 e. The maximum Gasteiger partial charge on any atom is 0.232 e. The van der Waals surface area contributed by atoms with Gasteiger partial charge in [-0.3, -0.25) is 0 Å². The van der Waals surface area contributed by atoms with Crippen LogP contribution in [0.1, 0.15) is 0 Å². The van der Waals surface area contributed by atoms with Gasteiger partial charge in [-0.1, -0.05) is 30.3 Å². The number of aromatic hydroxyl groups is 2. The number of benzene rings is 3. The zero-order valence-electron chi connectivity index (χ0n) is 13.6. The summed E-state index contributed by atoms with van der Waals surface area (Å²) in [5.41, 5.74) is 6.87. The van der Waals surface area contributed by atoms with Gasteiger partial charge in [0.1, 0.15) is 11.5 Å². The van der Waals surface area contributed by atoms with Crippen LogP contribution in [-0.2, 0) is 0 Å². The van der Waals surface area contributed by atoms with Gasteiger partial charge in [0.05, 0.1) is 5.56 Å². The van der Waals surface area contributed by atoms with Crippen molar-refractivity contribution in [2.75, 3.05) is 11.1 Å². The van der Waals surface area contributed by atoms with Gasteiger partial charge in [0.15, 0.2) is 5.82 Å². The third-order valence-electron chi connectivity index (χ3n) is 3.86. The molecule has 1 aromatic heterocycles. The summed E-state index contributed by atoms with van der Waals surface area (Å²) >= 11 is 0. The van der Waals surface area contributed by atoms with Gasteiger partial charge in [-0.2, -0.15) is 15.0 Å². The molecule has 0 unspecified atom stereocenters. The van der Waals surface area contributed by atoms with Gasteiger partial charge >= 0.3 is 0 Å². The average Bonchev–Trinajstić information content (AvgIpc) is 2.60. The Balaban J connectivity index is 1.78. The van der Waals surface area contributed by atoms with Crippen molar-refractivity contribution in [3.8, 4) is 22.9 Å². The third-order valence-corrected chi connectivity index (χ3v) is 3.86. The van der Waals surface area contributed by atoms with E-state index in [9.17, 15) is 10.2 Å². The number of aromatic nitrogens is 3. The summed E-state index contributed by atoms with van der Waals surface area (Å²) in [6, 6.07) is 17.7. The van der Waals surface area contributed by atoms with Gasteiger partial charge in [0.25, 0.3) is 0 Å². The van der Waals surface area contributed by atoms with E-state index < -0.39 is 0 Å². The number of phenolic OH excluding ortho intramolecular Hbond substituents is 2. The standard InChI is InChI=1S/C19H15N5O2/c20-18-22-17(15-8-11-4-1-2-5-12(11)9-16(15)26)23-19(24-18)21-13-6-3-7-14(25)10-13/h1-10,25-26H,(H3,20,21,22,23,24). The summed E-state index contributed by atoms with van der Waals surface area (Å²) in [4.78, 5) is 12.5. The van der Waals surface area contributed by atoms with Crippen LogP contribution in [0.25, 0.3) is 22.2 Å². The summed E-state index contributed by atoms with van der Waals surface area (Å²) < 4.78 is 0. The normalized spacial score (nSPS) is 10.8. The van der Waals surface area contributed by atoms with Crippen molar-refractivity contribution in [2.24, 2.45) is 0 Å². The lowest BCUT2D eigenvalue weighted by molar-refractivity contribution is 0.475. The Morgan fingerprint density at radius 2 is 1.58 bits per heavy atom. The molecule has 128 valence electrons. The van der Waals surface area contributed by atoms with Crippen LogP contribution in [0.5, 0.6) is 11.5 Å². The summed E-state index contributed by atoms with van der Waals surface area (Å²) in [6.45, 7) is 0. The lowest BCUT2D eigenvalue weighted by Crippen LogP contribution is -2.05. The van der Waals surface area contributed by atoms with E-state index in [1.807, 2.05) is 24.3 Å². The van der Waals surface area contributed by atoms with E-state index in [1.54, 1.807) is 30.3 Å². The van der Waals surface area contributed by atoms with E-state index in [-0.39, 0.29) is 29.2 Å². The molecule has 0 saturated carbocycles. The molecule has 1 heterocycles. The first-order valence-corrected chi connectivity index (χ1v) is 7.88. The Morgan fingerprint density at radius 3 is 2.35 bits per heavy atom. The highest BCUT2D eigenvalue weighted by atomic mass is 16.3. The summed E-state index contributed by atoms with van der Waals surface area (Å²) in [7, 11) is 0. The van der Waals surface area contributed by atoms with Crippen LogP contribution in [0.3, 0.4) is 0 Å². The van der Waals surface area contributed by atoms with Gasteiger partial charge in [-0.15, -0.1) is 0 Å². The first kappa shape index (κ1) is 15.6. The lowest BCUT2D eigenvalue weighted by atomic mass is 10.1. The number of nitrogens with one attached hydrogen (secondary N) is 1. The molecule has 0 atom stereocenters. The van der Waals surface area contributed by atoms with Crippen LogP contribution in [0.4, 0.5) is 17.6 Å². The second-order valence-electron chi connectivity index (χ2n) is 5.73. The lowest BCUT2D eigenvalue weighted by Gasteiger charge is -2.09. The van der Waals surface area contributed by atoms with E-state index >= 15 is 0 Å². The summed E-state index contributed by atoms with van der Waals surface area (Å²) in [5.74, 6) is 0.654. The molecule has 4 rings (SSSR count). The molecular weight excluding hydrogens is 330 g/mol. The van der Waals surface area contributed by atoms with E-state index in [2.05, 4.69) is 20.3 Å². The fourth-order valence-electron chi connectivity index (χ4n) is 2.69. The van der Waals surface area contributed by atoms with Crippen LogP contribution in [0.2, 0.25) is 0 Å². The Kier molecular flexibility index (Phi) is 3.74. The van der Waals surface area contributed by atoms with Gasteiger partial charge < -0.3 is 21.3 Å². The fourth-order valence-corrected chi connectivity index (χ4v) is 2.69. The van der Waals surface area contributed by atoms with Crippen LogP contribution < -0.4 is 11.1 Å². The molecule has 0 saturated heterocycles. The predicted molar refractivity (Wildman–Crippen MR) is 100 cm³/mol. The molecule has 7 heteroatoms. The molecule has 4 aromatic rings. The molecule has 0 radical (unpaired) electrons. The smallest absolute Gasteiger partial charge is 0.232 e. The topological polar surface area (TPSA) is 117 Å². The Bertz CT molecular complexity index is 1110. The maximum absolute atomic E-state index is 10.4. The van der Waals surface area contributed by atoms with Crippen molar-refractivity contribution in [3.63, 3.8) is 0 Å². The second kappa shape index (κ2) is 6.21. The predicted octanol–water partition coefficient (Wildman–Crippen LogP) is 3.43. The Labute approximate surface area is 148 Å². The number of hydrogen-bond donors (Lipinski definition) is 4. The highest BCUT2D eigenvalue weighted by Crippen LogP contribution is 2.32.